The number of carboxylic acids is 1. The zero-order valence-corrected chi connectivity index (χ0v) is 32.1. The van der Waals surface area contributed by atoms with E-state index in [2.05, 4.69) is 27.4 Å². The maximum absolute atomic E-state index is 11.0. The topological polar surface area (TPSA) is 167 Å². The molecule has 0 amide bonds. The Balaban J connectivity index is 1.21. The highest BCUT2D eigenvalue weighted by molar-refractivity contribution is 6.36. The number of ether oxygens (including phenoxy) is 3. The van der Waals surface area contributed by atoms with E-state index in [1.807, 2.05) is 54.6 Å². The SMILES string of the molecule is N#Cc1cncc(COc2nc(O[C@H]3CCc4c(-c5cccc(-c6ccc(OCCCCCO)cc6)c5Cl)cccc43)c(Cl)cc2CNC[C@@H](O)CC(=O)O)c1. The molecule has 3 aromatic carbocycles. The number of aromatic nitrogens is 2. The zero-order chi connectivity index (χ0) is 39.4. The number of aliphatic hydroxyl groups excluding tert-OH is 2. The second kappa shape index (κ2) is 19.6. The minimum absolute atomic E-state index is 0.0262. The van der Waals surface area contributed by atoms with Crippen molar-refractivity contribution in [3.63, 3.8) is 0 Å². The number of nitrogens with one attached hydrogen (secondary N) is 1. The molecule has 56 heavy (non-hydrogen) atoms. The lowest BCUT2D eigenvalue weighted by Gasteiger charge is -2.19. The lowest BCUT2D eigenvalue weighted by Crippen LogP contribution is -2.28. The first-order valence-corrected chi connectivity index (χ1v) is 19.2. The Bertz CT molecular complexity index is 2180. The molecule has 2 heterocycles. The van der Waals surface area contributed by atoms with Crippen molar-refractivity contribution in [1.29, 1.82) is 5.26 Å². The van der Waals surface area contributed by atoms with Crippen LogP contribution < -0.4 is 19.5 Å². The first-order chi connectivity index (χ1) is 27.2. The van der Waals surface area contributed by atoms with Crippen LogP contribution in [0.5, 0.6) is 17.5 Å². The van der Waals surface area contributed by atoms with E-state index in [0.29, 0.717) is 34.7 Å². The van der Waals surface area contributed by atoms with Crippen LogP contribution in [0, 0.1) is 11.3 Å². The summed E-state index contributed by atoms with van der Waals surface area (Å²) in [6.07, 6.45) is 5.22. The van der Waals surface area contributed by atoms with Gasteiger partial charge in [0.1, 0.15) is 29.6 Å². The van der Waals surface area contributed by atoms with Crippen LogP contribution >= 0.6 is 23.2 Å². The van der Waals surface area contributed by atoms with Crippen molar-refractivity contribution in [3.05, 3.63) is 123 Å². The Labute approximate surface area is 335 Å². The molecule has 2 aromatic heterocycles. The van der Waals surface area contributed by atoms with Crippen LogP contribution in [0.4, 0.5) is 0 Å². The Morgan fingerprint density at radius 3 is 2.54 bits per heavy atom. The molecule has 0 saturated heterocycles. The zero-order valence-electron chi connectivity index (χ0n) is 30.6. The summed E-state index contributed by atoms with van der Waals surface area (Å²) < 4.78 is 18.5. The Kier molecular flexibility index (Phi) is 14.1. The lowest BCUT2D eigenvalue weighted by molar-refractivity contribution is -0.139. The molecule has 1 aliphatic carbocycles. The molecule has 290 valence electrons. The van der Waals surface area contributed by atoms with Gasteiger partial charge in [-0.1, -0.05) is 71.7 Å². The summed E-state index contributed by atoms with van der Waals surface area (Å²) in [5, 5.41) is 41.3. The number of aliphatic hydroxyl groups is 2. The van der Waals surface area contributed by atoms with E-state index in [9.17, 15) is 15.2 Å². The summed E-state index contributed by atoms with van der Waals surface area (Å²) >= 11 is 13.9. The van der Waals surface area contributed by atoms with Gasteiger partial charge in [-0.15, -0.1) is 0 Å². The summed E-state index contributed by atoms with van der Waals surface area (Å²) in [5.41, 5.74) is 7.56. The highest BCUT2D eigenvalue weighted by Crippen LogP contribution is 2.45. The third kappa shape index (κ3) is 10.3. The molecule has 0 aliphatic heterocycles. The fraction of sp³-hybridized carbons (Fsp3) is 0.302. The van der Waals surface area contributed by atoms with Crippen LogP contribution in [0.15, 0.2) is 85.2 Å². The molecule has 0 fully saturated rings. The van der Waals surface area contributed by atoms with Gasteiger partial charge in [0.15, 0.2) is 0 Å². The normalized spacial score (nSPS) is 13.8. The van der Waals surface area contributed by atoms with Gasteiger partial charge in [0.2, 0.25) is 11.8 Å². The molecule has 6 rings (SSSR count). The number of aliphatic carboxylic acids is 1. The van der Waals surface area contributed by atoms with Gasteiger partial charge in [-0.05, 0) is 78.6 Å². The molecule has 2 atom stereocenters. The van der Waals surface area contributed by atoms with Gasteiger partial charge in [-0.3, -0.25) is 9.78 Å². The third-order valence-corrected chi connectivity index (χ3v) is 10.1. The molecule has 0 spiro atoms. The number of benzene rings is 3. The third-order valence-electron chi connectivity index (χ3n) is 9.38. The number of rotatable bonds is 19. The second-order valence-electron chi connectivity index (χ2n) is 13.4. The quantitative estimate of drug-likeness (QED) is 0.0597. The minimum atomic E-state index is -1.10. The lowest BCUT2D eigenvalue weighted by atomic mass is 9.94. The summed E-state index contributed by atoms with van der Waals surface area (Å²) in [5.74, 6) is 0.0864. The monoisotopic (exact) mass is 796 g/mol. The fourth-order valence-electron chi connectivity index (χ4n) is 6.65. The Morgan fingerprint density at radius 1 is 0.964 bits per heavy atom. The predicted octanol–water partition coefficient (Wildman–Crippen LogP) is 8.10. The number of carbonyl (C=O) groups is 1. The number of pyridine rings is 2. The number of fused-ring (bicyclic) bond motifs is 1. The number of hydrogen-bond acceptors (Lipinski definition) is 10. The van der Waals surface area contributed by atoms with Crippen LogP contribution in [-0.2, 0) is 24.4 Å². The van der Waals surface area contributed by atoms with Crippen molar-refractivity contribution < 1.29 is 34.3 Å². The maximum atomic E-state index is 11.0. The average molecular weight is 798 g/mol. The maximum Gasteiger partial charge on any atom is 0.306 e. The summed E-state index contributed by atoms with van der Waals surface area (Å²) in [7, 11) is 0. The van der Waals surface area contributed by atoms with Crippen molar-refractivity contribution in [3.8, 4) is 45.8 Å². The van der Waals surface area contributed by atoms with Gasteiger partial charge >= 0.3 is 5.97 Å². The molecule has 1 aliphatic rings. The highest BCUT2D eigenvalue weighted by atomic mass is 35.5. The van der Waals surface area contributed by atoms with Gasteiger partial charge in [-0.2, -0.15) is 10.2 Å². The minimum Gasteiger partial charge on any atom is -0.494 e. The largest absolute Gasteiger partial charge is 0.494 e. The second-order valence-corrected chi connectivity index (χ2v) is 14.2. The Hall–Kier alpha value is -5.22. The van der Waals surface area contributed by atoms with E-state index in [1.165, 1.54) is 6.20 Å². The highest BCUT2D eigenvalue weighted by Gasteiger charge is 2.29. The van der Waals surface area contributed by atoms with Crippen molar-refractivity contribution in [2.24, 2.45) is 0 Å². The molecular weight excluding hydrogens is 755 g/mol. The molecule has 5 aromatic rings. The number of carboxylic acid groups (broad SMARTS) is 1. The number of hydrogen-bond donors (Lipinski definition) is 4. The number of halogens is 2. The standard InChI is InChI=1S/C43H42Cl2N4O7/c44-38-19-30(24-48-25-31(51)20-40(52)53)42(55-26-28-18-27(21-46)22-47-23-28)49-43(38)56-39-15-14-35-34(7-5-8-36(35)39)37-9-4-6-33(41(37)45)29-10-12-32(13-11-29)54-17-3-1-2-16-50/h4-13,18-19,22-23,31,39,48,50-51H,1-3,14-17,20,24-26H2,(H,52,53)/t31-,39-/m0/s1. The first-order valence-electron chi connectivity index (χ1n) is 18.4. The fourth-order valence-corrected chi connectivity index (χ4v) is 7.21. The molecular formula is C43H42Cl2N4O7. The molecule has 0 bridgehead atoms. The van der Waals surface area contributed by atoms with Gasteiger partial charge in [0.25, 0.3) is 0 Å². The number of nitriles is 1. The van der Waals surface area contributed by atoms with E-state index in [-0.39, 0.29) is 49.2 Å². The van der Waals surface area contributed by atoms with Crippen LogP contribution in [0.1, 0.15) is 66.0 Å². The smallest absolute Gasteiger partial charge is 0.306 e. The molecule has 0 saturated carbocycles. The van der Waals surface area contributed by atoms with E-state index in [1.54, 1.807) is 18.3 Å². The van der Waals surface area contributed by atoms with Crippen LogP contribution in [-0.4, -0.2) is 57.1 Å². The first kappa shape index (κ1) is 40.4. The van der Waals surface area contributed by atoms with Gasteiger partial charge in [-0.25, -0.2) is 0 Å². The van der Waals surface area contributed by atoms with E-state index in [4.69, 9.17) is 47.6 Å². The van der Waals surface area contributed by atoms with Crippen LogP contribution in [0.25, 0.3) is 22.3 Å². The average Bonchev–Trinajstić information content (AvgIpc) is 3.61. The van der Waals surface area contributed by atoms with Crippen molar-refractivity contribution in [1.82, 2.24) is 15.3 Å². The molecule has 13 heteroatoms. The summed E-state index contributed by atoms with van der Waals surface area (Å²) in [4.78, 5) is 19.8. The van der Waals surface area contributed by atoms with Crippen molar-refractivity contribution in [2.75, 3.05) is 19.8 Å². The number of unbranched alkanes of at least 4 members (excludes halogenated alkanes) is 2. The molecule has 0 unspecified atom stereocenters. The van der Waals surface area contributed by atoms with Crippen molar-refractivity contribution in [2.45, 2.75) is 63.9 Å². The number of nitrogens with zero attached hydrogens (tertiary/aromatic N) is 3. The van der Waals surface area contributed by atoms with E-state index < -0.39 is 18.5 Å². The molecule has 4 N–H and O–H groups in total. The van der Waals surface area contributed by atoms with E-state index in [0.717, 1.165) is 64.8 Å². The van der Waals surface area contributed by atoms with Gasteiger partial charge < -0.3 is 34.8 Å². The molecule has 0 radical (unpaired) electrons. The van der Waals surface area contributed by atoms with Gasteiger partial charge in [0, 0.05) is 54.3 Å². The molecule has 11 nitrogen and oxygen atoms in total. The van der Waals surface area contributed by atoms with Crippen LogP contribution in [0.2, 0.25) is 10.0 Å². The predicted molar refractivity (Wildman–Crippen MR) is 213 cm³/mol. The Morgan fingerprint density at radius 2 is 1.75 bits per heavy atom. The van der Waals surface area contributed by atoms with Crippen molar-refractivity contribution >= 4 is 29.2 Å². The van der Waals surface area contributed by atoms with Crippen LogP contribution in [0.3, 0.4) is 0 Å². The summed E-state index contributed by atoms with van der Waals surface area (Å²) in [6, 6.07) is 25.5. The van der Waals surface area contributed by atoms with Gasteiger partial charge in [0.05, 0.1) is 29.7 Å². The summed E-state index contributed by atoms with van der Waals surface area (Å²) in [6.45, 7) is 1.06. The van der Waals surface area contributed by atoms with E-state index >= 15 is 0 Å².